The van der Waals surface area contributed by atoms with Crippen LogP contribution in [0.25, 0.3) is 10.9 Å². The molecule has 0 aliphatic rings. The third kappa shape index (κ3) is 2.02. The quantitative estimate of drug-likeness (QED) is 0.847. The molecule has 0 spiro atoms. The van der Waals surface area contributed by atoms with Gasteiger partial charge in [0.1, 0.15) is 17.2 Å². The Morgan fingerprint density at radius 3 is 2.56 bits per heavy atom. The zero-order chi connectivity index (χ0) is 11.7. The maximum Gasteiger partial charge on any atom is 0.149 e. The van der Waals surface area contributed by atoms with Gasteiger partial charge >= 0.3 is 0 Å². The van der Waals surface area contributed by atoms with Gasteiger partial charge in [0.15, 0.2) is 0 Å². The Morgan fingerprint density at radius 1 is 1.19 bits per heavy atom. The van der Waals surface area contributed by atoms with Gasteiger partial charge in [-0.15, -0.1) is 0 Å². The molecule has 16 heavy (non-hydrogen) atoms. The summed E-state index contributed by atoms with van der Waals surface area (Å²) in [5.41, 5.74) is 6.37. The first-order valence-corrected chi connectivity index (χ1v) is 5.07. The molecule has 0 bridgehead atoms. The lowest BCUT2D eigenvalue weighted by Gasteiger charge is -2.06. The largest absolute Gasteiger partial charge is 0.328 e. The van der Waals surface area contributed by atoms with Crippen LogP contribution >= 0.6 is 0 Å². The van der Waals surface area contributed by atoms with Crippen LogP contribution in [0.4, 0.5) is 8.78 Å². The SMILES string of the molecule is CC(N)Cc1ccc2c(F)ccc(F)c2n1. The van der Waals surface area contributed by atoms with Gasteiger partial charge in [0.05, 0.1) is 0 Å². The van der Waals surface area contributed by atoms with Gasteiger partial charge in [-0.05, 0) is 31.2 Å². The van der Waals surface area contributed by atoms with Crippen molar-refractivity contribution in [2.75, 3.05) is 0 Å². The van der Waals surface area contributed by atoms with E-state index in [0.717, 1.165) is 12.1 Å². The fraction of sp³-hybridized carbons (Fsp3) is 0.250. The molecule has 0 aliphatic carbocycles. The first-order chi connectivity index (χ1) is 7.58. The number of nitrogens with two attached hydrogens (primary N) is 1. The summed E-state index contributed by atoms with van der Waals surface area (Å²) >= 11 is 0. The molecule has 0 radical (unpaired) electrons. The van der Waals surface area contributed by atoms with E-state index in [4.69, 9.17) is 5.73 Å². The van der Waals surface area contributed by atoms with Gasteiger partial charge in [0.25, 0.3) is 0 Å². The number of benzene rings is 1. The van der Waals surface area contributed by atoms with Crippen molar-refractivity contribution in [2.24, 2.45) is 5.73 Å². The fourth-order valence-corrected chi connectivity index (χ4v) is 1.63. The number of pyridine rings is 1. The molecule has 1 aromatic carbocycles. The lowest BCUT2D eigenvalue weighted by atomic mass is 10.1. The summed E-state index contributed by atoms with van der Waals surface area (Å²) in [4.78, 5) is 4.08. The summed E-state index contributed by atoms with van der Waals surface area (Å²) < 4.78 is 26.8. The standard InChI is InChI=1S/C12H12F2N2/c1-7(15)6-8-2-3-9-10(13)4-5-11(14)12(9)16-8/h2-5,7H,6,15H2,1H3. The van der Waals surface area contributed by atoms with Crippen LogP contribution < -0.4 is 5.73 Å². The zero-order valence-corrected chi connectivity index (χ0v) is 8.87. The molecule has 4 heteroatoms. The lowest BCUT2D eigenvalue weighted by Crippen LogP contribution is -2.18. The molecule has 1 unspecified atom stereocenters. The smallest absolute Gasteiger partial charge is 0.149 e. The molecular formula is C12H12F2N2. The van der Waals surface area contributed by atoms with Crippen molar-refractivity contribution >= 4 is 10.9 Å². The number of hydrogen-bond donors (Lipinski definition) is 1. The van der Waals surface area contributed by atoms with Crippen LogP contribution in [-0.4, -0.2) is 11.0 Å². The van der Waals surface area contributed by atoms with E-state index >= 15 is 0 Å². The zero-order valence-electron chi connectivity index (χ0n) is 8.87. The Balaban J connectivity index is 2.57. The normalized spacial score (nSPS) is 13.0. The van der Waals surface area contributed by atoms with Crippen LogP contribution in [0.5, 0.6) is 0 Å². The Morgan fingerprint density at radius 2 is 1.88 bits per heavy atom. The van der Waals surface area contributed by atoms with Crippen LogP contribution in [-0.2, 0) is 6.42 Å². The molecule has 0 saturated heterocycles. The summed E-state index contributed by atoms with van der Waals surface area (Å²) in [5, 5.41) is 0.202. The number of hydrogen-bond acceptors (Lipinski definition) is 2. The maximum atomic E-state index is 13.4. The third-order valence-electron chi connectivity index (χ3n) is 2.34. The summed E-state index contributed by atoms with van der Waals surface area (Å²) in [6, 6.07) is 5.35. The molecule has 0 aliphatic heterocycles. The maximum absolute atomic E-state index is 13.4. The van der Waals surface area contributed by atoms with Crippen molar-refractivity contribution in [3.05, 3.63) is 41.6 Å². The van der Waals surface area contributed by atoms with E-state index in [0.29, 0.717) is 12.1 Å². The number of nitrogens with zero attached hydrogens (tertiary/aromatic N) is 1. The van der Waals surface area contributed by atoms with Crippen molar-refractivity contribution in [2.45, 2.75) is 19.4 Å². The summed E-state index contributed by atoms with van der Waals surface area (Å²) in [6.07, 6.45) is 0.548. The molecule has 2 nitrogen and oxygen atoms in total. The predicted molar refractivity (Wildman–Crippen MR) is 59.0 cm³/mol. The van der Waals surface area contributed by atoms with Gasteiger partial charge in [0.2, 0.25) is 0 Å². The van der Waals surface area contributed by atoms with Gasteiger partial charge in [-0.25, -0.2) is 13.8 Å². The Kier molecular flexibility index (Phi) is 2.83. The number of fused-ring (bicyclic) bond motifs is 1. The second kappa shape index (κ2) is 4.14. The highest BCUT2D eigenvalue weighted by molar-refractivity contribution is 5.79. The molecule has 2 rings (SSSR count). The molecule has 1 heterocycles. The monoisotopic (exact) mass is 222 g/mol. The number of aromatic nitrogens is 1. The van der Waals surface area contributed by atoms with Crippen molar-refractivity contribution < 1.29 is 8.78 Å². The van der Waals surface area contributed by atoms with Gasteiger partial charge in [-0.3, -0.25) is 0 Å². The molecule has 2 aromatic rings. The van der Waals surface area contributed by atoms with Crippen LogP contribution in [0.15, 0.2) is 24.3 Å². The van der Waals surface area contributed by atoms with Gasteiger partial charge in [-0.1, -0.05) is 0 Å². The molecular weight excluding hydrogens is 210 g/mol. The van der Waals surface area contributed by atoms with Crippen LogP contribution in [0.2, 0.25) is 0 Å². The second-order valence-corrected chi connectivity index (χ2v) is 3.91. The van der Waals surface area contributed by atoms with Crippen LogP contribution in [0.3, 0.4) is 0 Å². The van der Waals surface area contributed by atoms with E-state index in [2.05, 4.69) is 4.98 Å². The van der Waals surface area contributed by atoms with Crippen LogP contribution in [0.1, 0.15) is 12.6 Å². The van der Waals surface area contributed by atoms with Gasteiger partial charge < -0.3 is 5.73 Å². The predicted octanol–water partition coefficient (Wildman–Crippen LogP) is 2.40. The van der Waals surface area contributed by atoms with Crippen molar-refractivity contribution in [1.29, 1.82) is 0 Å². The van der Waals surface area contributed by atoms with Crippen molar-refractivity contribution in [3.63, 3.8) is 0 Å². The summed E-state index contributed by atoms with van der Waals surface area (Å²) in [6.45, 7) is 1.84. The topological polar surface area (TPSA) is 38.9 Å². The average Bonchev–Trinajstić information content (AvgIpc) is 2.23. The molecule has 1 aromatic heterocycles. The molecule has 0 amide bonds. The number of halogens is 2. The molecule has 1 atom stereocenters. The van der Waals surface area contributed by atoms with E-state index < -0.39 is 11.6 Å². The van der Waals surface area contributed by atoms with E-state index in [1.807, 2.05) is 6.92 Å². The molecule has 0 fully saturated rings. The average molecular weight is 222 g/mol. The number of rotatable bonds is 2. The highest BCUT2D eigenvalue weighted by Gasteiger charge is 2.08. The highest BCUT2D eigenvalue weighted by atomic mass is 19.1. The van der Waals surface area contributed by atoms with E-state index in [9.17, 15) is 8.78 Å². The second-order valence-electron chi connectivity index (χ2n) is 3.91. The van der Waals surface area contributed by atoms with Gasteiger partial charge in [-0.2, -0.15) is 0 Å². The molecule has 84 valence electrons. The first kappa shape index (κ1) is 11.0. The minimum atomic E-state index is -0.511. The molecule has 0 saturated carbocycles. The Labute approximate surface area is 92.1 Å². The van der Waals surface area contributed by atoms with E-state index in [1.54, 1.807) is 12.1 Å². The fourth-order valence-electron chi connectivity index (χ4n) is 1.63. The minimum Gasteiger partial charge on any atom is -0.328 e. The van der Waals surface area contributed by atoms with Crippen molar-refractivity contribution in [1.82, 2.24) is 4.98 Å². The molecule has 2 N–H and O–H groups in total. The van der Waals surface area contributed by atoms with E-state index in [1.165, 1.54) is 0 Å². The van der Waals surface area contributed by atoms with Gasteiger partial charge in [0, 0.05) is 23.5 Å². The van der Waals surface area contributed by atoms with Crippen molar-refractivity contribution in [3.8, 4) is 0 Å². The highest BCUT2D eigenvalue weighted by Crippen LogP contribution is 2.19. The minimum absolute atomic E-state index is 0.0541. The van der Waals surface area contributed by atoms with E-state index in [-0.39, 0.29) is 16.9 Å². The Bertz CT molecular complexity index is 524. The summed E-state index contributed by atoms with van der Waals surface area (Å²) in [5.74, 6) is -0.973. The third-order valence-corrected chi connectivity index (χ3v) is 2.34. The lowest BCUT2D eigenvalue weighted by molar-refractivity contribution is 0.614. The Hall–Kier alpha value is -1.55. The summed E-state index contributed by atoms with van der Waals surface area (Å²) in [7, 11) is 0. The van der Waals surface area contributed by atoms with Crippen LogP contribution in [0, 0.1) is 11.6 Å². The first-order valence-electron chi connectivity index (χ1n) is 5.07.